The van der Waals surface area contributed by atoms with E-state index in [1.54, 1.807) is 0 Å². The third-order valence-electron chi connectivity index (χ3n) is 3.25. The Hall–Kier alpha value is -0.0500. The van der Waals surface area contributed by atoms with E-state index in [4.69, 9.17) is 11.6 Å². The summed E-state index contributed by atoms with van der Waals surface area (Å²) in [6.07, 6.45) is 4.01. The highest BCUT2D eigenvalue weighted by Crippen LogP contribution is 2.48. The monoisotopic (exact) mass is 244 g/mol. The molecule has 1 heterocycles. The summed E-state index contributed by atoms with van der Waals surface area (Å²) in [4.78, 5) is 1.03. The molecule has 1 unspecified atom stereocenters. The Labute approximate surface area is 100 Å². The first-order chi connectivity index (χ1) is 6.91. The summed E-state index contributed by atoms with van der Waals surface area (Å²) in [6.45, 7) is 4.46. The summed E-state index contributed by atoms with van der Waals surface area (Å²) in [6, 6.07) is 3.84. The van der Waals surface area contributed by atoms with Crippen LogP contribution in [0.25, 0.3) is 0 Å². The van der Waals surface area contributed by atoms with E-state index in [1.807, 2.05) is 12.1 Å². The van der Waals surface area contributed by atoms with E-state index in [2.05, 4.69) is 13.8 Å². The standard InChI is InChI=1S/C12H17ClOS/c1-11(2)6-3-7-12(14,8-11)9-4-5-10(13)15-9/h4-5,14H,3,6-8H2,1-2H3. The molecule has 15 heavy (non-hydrogen) atoms. The molecule has 0 spiro atoms. The van der Waals surface area contributed by atoms with E-state index in [9.17, 15) is 5.11 Å². The van der Waals surface area contributed by atoms with Crippen LogP contribution in [0.4, 0.5) is 0 Å². The van der Waals surface area contributed by atoms with Gasteiger partial charge in [-0.05, 0) is 43.2 Å². The molecular formula is C12H17ClOS. The molecule has 1 fully saturated rings. The zero-order valence-electron chi connectivity index (χ0n) is 9.22. The second-order valence-electron chi connectivity index (χ2n) is 5.33. The fourth-order valence-corrected chi connectivity index (χ4v) is 3.76. The number of hydrogen-bond acceptors (Lipinski definition) is 2. The number of thiophene rings is 1. The van der Waals surface area contributed by atoms with Crippen LogP contribution in [-0.4, -0.2) is 5.11 Å². The van der Waals surface area contributed by atoms with Gasteiger partial charge in [0.1, 0.15) is 0 Å². The molecule has 1 nitrogen and oxygen atoms in total. The second-order valence-corrected chi connectivity index (χ2v) is 7.04. The molecule has 0 aliphatic heterocycles. The Morgan fingerprint density at radius 3 is 2.60 bits per heavy atom. The highest BCUT2D eigenvalue weighted by molar-refractivity contribution is 7.16. The molecule has 1 N–H and O–H groups in total. The van der Waals surface area contributed by atoms with E-state index in [0.29, 0.717) is 0 Å². The summed E-state index contributed by atoms with van der Waals surface area (Å²) >= 11 is 7.43. The largest absolute Gasteiger partial charge is 0.384 e. The average molecular weight is 245 g/mol. The van der Waals surface area contributed by atoms with Crippen molar-refractivity contribution in [2.24, 2.45) is 5.41 Å². The molecule has 1 atom stereocenters. The fraction of sp³-hybridized carbons (Fsp3) is 0.667. The van der Waals surface area contributed by atoms with Crippen LogP contribution in [0.3, 0.4) is 0 Å². The van der Waals surface area contributed by atoms with Gasteiger partial charge >= 0.3 is 0 Å². The van der Waals surface area contributed by atoms with Crippen molar-refractivity contribution in [3.05, 3.63) is 21.3 Å². The van der Waals surface area contributed by atoms with Crippen molar-refractivity contribution in [1.29, 1.82) is 0 Å². The number of hydrogen-bond donors (Lipinski definition) is 1. The van der Waals surface area contributed by atoms with Gasteiger partial charge in [0.05, 0.1) is 9.94 Å². The predicted octanol–water partition coefficient (Wildman–Crippen LogP) is 4.19. The van der Waals surface area contributed by atoms with Crippen molar-refractivity contribution in [1.82, 2.24) is 0 Å². The van der Waals surface area contributed by atoms with Crippen LogP contribution in [-0.2, 0) is 5.60 Å². The maximum atomic E-state index is 10.6. The maximum absolute atomic E-state index is 10.6. The first kappa shape index (κ1) is 11.4. The molecular weight excluding hydrogens is 228 g/mol. The summed E-state index contributed by atoms with van der Waals surface area (Å²) in [5, 5.41) is 10.6. The van der Waals surface area contributed by atoms with Gasteiger partial charge in [0.15, 0.2) is 0 Å². The molecule has 1 aromatic heterocycles. The summed E-state index contributed by atoms with van der Waals surface area (Å²) in [5.74, 6) is 0. The van der Waals surface area contributed by atoms with Gasteiger partial charge in [0.2, 0.25) is 0 Å². The van der Waals surface area contributed by atoms with Crippen molar-refractivity contribution in [3.63, 3.8) is 0 Å². The van der Waals surface area contributed by atoms with Gasteiger partial charge in [-0.15, -0.1) is 11.3 Å². The van der Waals surface area contributed by atoms with Gasteiger partial charge in [-0.2, -0.15) is 0 Å². The van der Waals surface area contributed by atoms with Crippen LogP contribution in [0, 0.1) is 5.41 Å². The number of halogens is 1. The lowest BCUT2D eigenvalue weighted by Crippen LogP contribution is -2.35. The lowest BCUT2D eigenvalue weighted by atomic mass is 9.69. The molecule has 3 heteroatoms. The lowest BCUT2D eigenvalue weighted by Gasteiger charge is -2.41. The van der Waals surface area contributed by atoms with Crippen molar-refractivity contribution >= 4 is 22.9 Å². The van der Waals surface area contributed by atoms with E-state index in [1.165, 1.54) is 17.8 Å². The highest BCUT2D eigenvalue weighted by Gasteiger charge is 2.40. The van der Waals surface area contributed by atoms with E-state index < -0.39 is 5.60 Å². The molecule has 1 aliphatic carbocycles. The topological polar surface area (TPSA) is 20.2 Å². The van der Waals surface area contributed by atoms with Gasteiger partial charge in [0, 0.05) is 4.88 Å². The second kappa shape index (κ2) is 3.76. The van der Waals surface area contributed by atoms with Crippen molar-refractivity contribution in [3.8, 4) is 0 Å². The Balaban J connectivity index is 2.26. The molecule has 2 rings (SSSR count). The minimum absolute atomic E-state index is 0.240. The van der Waals surface area contributed by atoms with Crippen LogP contribution in [0.1, 0.15) is 44.4 Å². The third kappa shape index (κ3) is 2.38. The van der Waals surface area contributed by atoms with Gasteiger partial charge in [-0.1, -0.05) is 25.4 Å². The summed E-state index contributed by atoms with van der Waals surface area (Å²) < 4.78 is 0.766. The molecule has 0 aromatic carbocycles. The Kier molecular flexibility index (Phi) is 2.87. The van der Waals surface area contributed by atoms with E-state index >= 15 is 0 Å². The van der Waals surface area contributed by atoms with Gasteiger partial charge in [-0.25, -0.2) is 0 Å². The van der Waals surface area contributed by atoms with E-state index in [0.717, 1.165) is 28.5 Å². The zero-order valence-corrected chi connectivity index (χ0v) is 10.8. The first-order valence-corrected chi connectivity index (χ1v) is 6.59. The minimum atomic E-state index is -0.639. The van der Waals surface area contributed by atoms with Crippen LogP contribution in [0.5, 0.6) is 0 Å². The molecule has 84 valence electrons. The van der Waals surface area contributed by atoms with Crippen LogP contribution >= 0.6 is 22.9 Å². The third-order valence-corrected chi connectivity index (χ3v) is 4.67. The zero-order chi connectivity index (χ0) is 11.1. The van der Waals surface area contributed by atoms with Crippen molar-refractivity contribution in [2.45, 2.75) is 45.1 Å². The fourth-order valence-electron chi connectivity index (χ4n) is 2.60. The van der Waals surface area contributed by atoms with Gasteiger partial charge in [-0.3, -0.25) is 0 Å². The van der Waals surface area contributed by atoms with Crippen LogP contribution in [0.15, 0.2) is 12.1 Å². The van der Waals surface area contributed by atoms with E-state index in [-0.39, 0.29) is 5.41 Å². The first-order valence-electron chi connectivity index (χ1n) is 5.40. The maximum Gasteiger partial charge on any atom is 0.0993 e. The SMILES string of the molecule is CC1(C)CCCC(O)(c2ccc(Cl)s2)C1. The lowest BCUT2D eigenvalue weighted by molar-refractivity contribution is -0.0411. The molecule has 1 aromatic rings. The molecule has 0 amide bonds. The Bertz CT molecular complexity index is 358. The molecule has 1 aliphatic rings. The van der Waals surface area contributed by atoms with Crippen LogP contribution < -0.4 is 0 Å². The molecule has 1 saturated carbocycles. The highest BCUT2D eigenvalue weighted by atomic mass is 35.5. The predicted molar refractivity (Wildman–Crippen MR) is 65.5 cm³/mol. The summed E-state index contributed by atoms with van der Waals surface area (Å²) in [5.41, 5.74) is -0.400. The Morgan fingerprint density at radius 2 is 2.07 bits per heavy atom. The molecule has 0 bridgehead atoms. The normalized spacial score (nSPS) is 30.4. The van der Waals surface area contributed by atoms with Crippen LogP contribution in [0.2, 0.25) is 4.34 Å². The van der Waals surface area contributed by atoms with Crippen molar-refractivity contribution in [2.75, 3.05) is 0 Å². The summed E-state index contributed by atoms with van der Waals surface area (Å²) in [7, 11) is 0. The van der Waals surface area contributed by atoms with Gasteiger partial charge < -0.3 is 5.11 Å². The molecule has 0 saturated heterocycles. The smallest absolute Gasteiger partial charge is 0.0993 e. The average Bonchev–Trinajstić information content (AvgIpc) is 2.49. The number of rotatable bonds is 1. The molecule has 0 radical (unpaired) electrons. The number of aliphatic hydroxyl groups is 1. The quantitative estimate of drug-likeness (QED) is 0.786. The Morgan fingerprint density at radius 1 is 1.33 bits per heavy atom. The van der Waals surface area contributed by atoms with Crippen molar-refractivity contribution < 1.29 is 5.11 Å². The minimum Gasteiger partial charge on any atom is -0.384 e. The van der Waals surface area contributed by atoms with Gasteiger partial charge in [0.25, 0.3) is 0 Å².